The van der Waals surface area contributed by atoms with E-state index < -0.39 is 11.6 Å². The highest BCUT2D eigenvalue weighted by molar-refractivity contribution is 6.39. The maximum absolute atomic E-state index is 13.8. The van der Waals surface area contributed by atoms with Crippen molar-refractivity contribution < 1.29 is 8.78 Å². The summed E-state index contributed by atoms with van der Waals surface area (Å²) in [4.78, 5) is 0. The predicted octanol–water partition coefficient (Wildman–Crippen LogP) is 5.25. The molecule has 0 fully saturated rings. The fraction of sp³-hybridized carbons (Fsp3) is 0.0769. The Bertz CT molecular complexity index is 536. The maximum atomic E-state index is 13.8. The van der Waals surface area contributed by atoms with E-state index in [-0.39, 0.29) is 21.2 Å². The van der Waals surface area contributed by atoms with Gasteiger partial charge in [-0.25, -0.2) is 8.78 Å². The Morgan fingerprint density at radius 3 is 1.82 bits per heavy atom. The smallest absolute Gasteiger partial charge is 0.134 e. The molecular formula is C13H8Cl2F2. The highest BCUT2D eigenvalue weighted by Crippen LogP contribution is 2.37. The largest absolute Gasteiger partial charge is 0.206 e. The van der Waals surface area contributed by atoms with E-state index in [1.54, 1.807) is 25.1 Å². The van der Waals surface area contributed by atoms with Crippen molar-refractivity contribution in [3.05, 3.63) is 57.6 Å². The van der Waals surface area contributed by atoms with Crippen LogP contribution in [0.15, 0.2) is 30.3 Å². The van der Waals surface area contributed by atoms with Crippen molar-refractivity contribution in [3.8, 4) is 11.1 Å². The standard InChI is InChI=1S/C13H8Cl2F2/c1-7-5-10(16)13(11(17)6-7)12-8(14)3-2-4-9(12)15/h2-6H,1H3. The molecule has 0 unspecified atom stereocenters. The molecule has 0 aliphatic carbocycles. The van der Waals surface area contributed by atoms with Gasteiger partial charge in [0, 0.05) is 5.56 Å². The topological polar surface area (TPSA) is 0 Å². The van der Waals surface area contributed by atoms with E-state index in [2.05, 4.69) is 0 Å². The minimum Gasteiger partial charge on any atom is -0.206 e. The van der Waals surface area contributed by atoms with Crippen molar-refractivity contribution in [2.75, 3.05) is 0 Å². The molecule has 0 aliphatic heterocycles. The first kappa shape index (κ1) is 12.3. The molecular weight excluding hydrogens is 265 g/mol. The Hall–Kier alpha value is -1.12. The predicted molar refractivity (Wildman–Crippen MR) is 66.6 cm³/mol. The van der Waals surface area contributed by atoms with Crippen molar-refractivity contribution in [2.24, 2.45) is 0 Å². The van der Waals surface area contributed by atoms with Crippen LogP contribution in [0.5, 0.6) is 0 Å². The van der Waals surface area contributed by atoms with Gasteiger partial charge in [-0.3, -0.25) is 0 Å². The van der Waals surface area contributed by atoms with Gasteiger partial charge in [0.15, 0.2) is 0 Å². The fourth-order valence-corrected chi connectivity index (χ4v) is 2.26. The lowest BCUT2D eigenvalue weighted by atomic mass is 10.0. The molecule has 0 saturated heterocycles. The van der Waals surface area contributed by atoms with Crippen LogP contribution in [0.3, 0.4) is 0 Å². The molecule has 0 atom stereocenters. The van der Waals surface area contributed by atoms with E-state index in [1.807, 2.05) is 0 Å². The zero-order chi connectivity index (χ0) is 12.6. The molecule has 88 valence electrons. The van der Waals surface area contributed by atoms with Crippen LogP contribution in [0.1, 0.15) is 5.56 Å². The molecule has 0 amide bonds. The molecule has 0 spiro atoms. The van der Waals surface area contributed by atoms with Gasteiger partial charge >= 0.3 is 0 Å². The lowest BCUT2D eigenvalue weighted by molar-refractivity contribution is 0.588. The van der Waals surface area contributed by atoms with Gasteiger partial charge in [-0.05, 0) is 36.8 Å². The van der Waals surface area contributed by atoms with E-state index in [0.29, 0.717) is 5.56 Å². The van der Waals surface area contributed by atoms with Gasteiger partial charge in [0.1, 0.15) is 11.6 Å². The summed E-state index contributed by atoms with van der Waals surface area (Å²) in [6.07, 6.45) is 0. The molecule has 0 aliphatic rings. The van der Waals surface area contributed by atoms with Crippen LogP contribution in [0.4, 0.5) is 8.78 Å². The van der Waals surface area contributed by atoms with Gasteiger partial charge in [-0.1, -0.05) is 29.3 Å². The normalized spacial score (nSPS) is 10.6. The Kier molecular flexibility index (Phi) is 3.36. The second-order valence-electron chi connectivity index (χ2n) is 3.70. The van der Waals surface area contributed by atoms with Gasteiger partial charge in [-0.15, -0.1) is 0 Å². The number of benzene rings is 2. The van der Waals surface area contributed by atoms with Crippen LogP contribution in [0.25, 0.3) is 11.1 Å². The summed E-state index contributed by atoms with van der Waals surface area (Å²) in [5.74, 6) is -1.34. The van der Waals surface area contributed by atoms with Crippen LogP contribution >= 0.6 is 23.2 Å². The van der Waals surface area contributed by atoms with E-state index in [4.69, 9.17) is 23.2 Å². The second-order valence-corrected chi connectivity index (χ2v) is 4.51. The Morgan fingerprint density at radius 1 is 0.882 bits per heavy atom. The SMILES string of the molecule is Cc1cc(F)c(-c2c(Cl)cccc2Cl)c(F)c1. The third-order valence-corrected chi connectivity index (χ3v) is 3.03. The molecule has 0 aromatic heterocycles. The molecule has 2 aromatic rings. The Morgan fingerprint density at radius 2 is 1.35 bits per heavy atom. The average Bonchev–Trinajstić information content (AvgIpc) is 2.21. The quantitative estimate of drug-likeness (QED) is 0.665. The summed E-state index contributed by atoms with van der Waals surface area (Å²) in [6.45, 7) is 1.62. The molecule has 0 saturated carbocycles. The summed E-state index contributed by atoms with van der Waals surface area (Å²) in [5, 5.41) is 0.443. The van der Waals surface area contributed by atoms with Crippen LogP contribution in [0, 0.1) is 18.6 Å². The number of hydrogen-bond acceptors (Lipinski definition) is 0. The molecule has 0 nitrogen and oxygen atoms in total. The van der Waals surface area contributed by atoms with E-state index >= 15 is 0 Å². The van der Waals surface area contributed by atoms with Crippen molar-refractivity contribution >= 4 is 23.2 Å². The molecule has 0 bridgehead atoms. The van der Waals surface area contributed by atoms with Gasteiger partial charge in [0.05, 0.1) is 15.6 Å². The third-order valence-electron chi connectivity index (χ3n) is 2.40. The summed E-state index contributed by atoms with van der Waals surface area (Å²) in [5.41, 5.74) is 0.504. The van der Waals surface area contributed by atoms with Crippen molar-refractivity contribution in [1.29, 1.82) is 0 Å². The minimum atomic E-state index is -0.669. The number of rotatable bonds is 1. The zero-order valence-corrected chi connectivity index (χ0v) is 10.4. The number of hydrogen-bond donors (Lipinski definition) is 0. The highest BCUT2D eigenvalue weighted by Gasteiger charge is 2.17. The van der Waals surface area contributed by atoms with Crippen LogP contribution in [0.2, 0.25) is 10.0 Å². The first-order chi connectivity index (χ1) is 8.00. The van der Waals surface area contributed by atoms with Gasteiger partial charge in [0.2, 0.25) is 0 Å². The van der Waals surface area contributed by atoms with Crippen LogP contribution in [-0.2, 0) is 0 Å². The third kappa shape index (κ3) is 2.28. The fourth-order valence-electron chi connectivity index (χ4n) is 1.68. The average molecular weight is 273 g/mol. The Labute approximate surface area is 108 Å². The number of aryl methyl sites for hydroxylation is 1. The molecule has 0 N–H and O–H groups in total. The first-order valence-corrected chi connectivity index (χ1v) is 5.66. The summed E-state index contributed by atoms with van der Waals surface area (Å²) in [7, 11) is 0. The van der Waals surface area contributed by atoms with E-state index in [1.165, 1.54) is 12.1 Å². The van der Waals surface area contributed by atoms with Crippen molar-refractivity contribution in [1.82, 2.24) is 0 Å². The van der Waals surface area contributed by atoms with Crippen LogP contribution < -0.4 is 0 Å². The molecule has 2 aromatic carbocycles. The molecule has 0 heterocycles. The monoisotopic (exact) mass is 272 g/mol. The van der Waals surface area contributed by atoms with Gasteiger partial charge in [0.25, 0.3) is 0 Å². The van der Waals surface area contributed by atoms with Crippen LogP contribution in [-0.4, -0.2) is 0 Å². The molecule has 17 heavy (non-hydrogen) atoms. The van der Waals surface area contributed by atoms with E-state index in [9.17, 15) is 8.78 Å². The van der Waals surface area contributed by atoms with Crippen molar-refractivity contribution in [3.63, 3.8) is 0 Å². The summed E-state index contributed by atoms with van der Waals surface area (Å²) < 4.78 is 27.6. The lowest BCUT2D eigenvalue weighted by Gasteiger charge is -2.10. The Balaban J connectivity index is 2.77. The minimum absolute atomic E-state index is 0.186. The highest BCUT2D eigenvalue weighted by atomic mass is 35.5. The molecule has 0 radical (unpaired) electrons. The second kappa shape index (κ2) is 4.63. The van der Waals surface area contributed by atoms with Gasteiger partial charge in [-0.2, -0.15) is 0 Å². The lowest BCUT2D eigenvalue weighted by Crippen LogP contribution is -1.93. The van der Waals surface area contributed by atoms with Gasteiger partial charge < -0.3 is 0 Å². The maximum Gasteiger partial charge on any atom is 0.134 e. The van der Waals surface area contributed by atoms with E-state index in [0.717, 1.165) is 0 Å². The summed E-state index contributed by atoms with van der Waals surface area (Å²) >= 11 is 11.9. The number of halogens is 4. The molecule has 2 rings (SSSR count). The summed E-state index contributed by atoms with van der Waals surface area (Å²) in [6, 6.07) is 7.21. The van der Waals surface area contributed by atoms with Crippen molar-refractivity contribution in [2.45, 2.75) is 6.92 Å². The zero-order valence-electron chi connectivity index (χ0n) is 8.90. The molecule has 4 heteroatoms. The first-order valence-electron chi connectivity index (χ1n) is 4.90.